The molecule has 1 aromatic heterocycles. The van der Waals surface area contributed by atoms with Crippen LogP contribution in [0.25, 0.3) is 10.9 Å². The lowest BCUT2D eigenvalue weighted by Crippen LogP contribution is -2.60. The van der Waals surface area contributed by atoms with Crippen molar-refractivity contribution >= 4 is 34.5 Å². The second kappa shape index (κ2) is 32.6. The van der Waals surface area contributed by atoms with Gasteiger partial charge < -0.3 is 77.6 Å². The first-order valence-electron chi connectivity index (χ1n) is 33.7. The summed E-state index contributed by atoms with van der Waals surface area (Å²) in [5.74, 6) is -3.80. The van der Waals surface area contributed by atoms with E-state index in [1.165, 1.54) is 14.0 Å². The van der Waals surface area contributed by atoms with E-state index in [0.29, 0.717) is 50.2 Å². The minimum Gasteiger partial charge on any atom is -0.461 e. The molecule has 4 N–H and O–H groups in total. The van der Waals surface area contributed by atoms with Crippen LogP contribution in [0, 0.1) is 17.8 Å². The van der Waals surface area contributed by atoms with E-state index >= 15 is 0 Å². The maximum atomic E-state index is 14.7. The quantitative estimate of drug-likeness (QED) is 0.0292. The maximum absolute atomic E-state index is 14.7. The highest BCUT2D eigenvalue weighted by Crippen LogP contribution is 2.42. The molecule has 0 spiro atoms. The third-order valence-electron chi connectivity index (χ3n) is 19.7. The molecular formula is C72H107N5O16. The van der Waals surface area contributed by atoms with Crippen LogP contribution < -0.4 is 10.7 Å². The van der Waals surface area contributed by atoms with Crippen molar-refractivity contribution in [1.29, 1.82) is 0 Å². The molecule has 0 bridgehead atoms. The molecule has 0 radical (unpaired) electrons. The monoisotopic (exact) mass is 1300 g/mol. The highest BCUT2D eigenvalue weighted by molar-refractivity contribution is 5.94. The molecule has 3 aromatic carbocycles. The van der Waals surface area contributed by atoms with Crippen molar-refractivity contribution in [3.8, 4) is 0 Å². The summed E-state index contributed by atoms with van der Waals surface area (Å²) in [6.07, 6.45) is -2.65. The van der Waals surface area contributed by atoms with Gasteiger partial charge in [-0.15, -0.1) is 0 Å². The fraction of sp³-hybridized carbons (Fsp3) is 0.667. The largest absolute Gasteiger partial charge is 0.461 e. The summed E-state index contributed by atoms with van der Waals surface area (Å²) in [7, 11) is 7.43. The summed E-state index contributed by atoms with van der Waals surface area (Å²) in [6.45, 7) is 21.0. The molecule has 1 aliphatic carbocycles. The van der Waals surface area contributed by atoms with Gasteiger partial charge in [-0.25, -0.2) is 4.79 Å². The summed E-state index contributed by atoms with van der Waals surface area (Å²) in [5.41, 5.74) is -1.24. The summed E-state index contributed by atoms with van der Waals surface area (Å²) < 4.78 is 59.3. The van der Waals surface area contributed by atoms with Gasteiger partial charge in [0.15, 0.2) is 18.7 Å². The average molecular weight is 1300 g/mol. The Hall–Kier alpha value is -5.40. The van der Waals surface area contributed by atoms with Crippen LogP contribution >= 0.6 is 0 Å². The zero-order chi connectivity index (χ0) is 67.5. The summed E-state index contributed by atoms with van der Waals surface area (Å²) in [5, 5.41) is 40.3. The van der Waals surface area contributed by atoms with E-state index in [4.69, 9.17) is 42.6 Å². The number of aliphatic hydroxyl groups excluding tert-OH is 1. The molecule has 4 heterocycles. The minimum absolute atomic E-state index is 0.00866. The number of pyridine rings is 1. The number of aromatic nitrogens is 1. The smallest absolute Gasteiger partial charge is 0.343 e. The Morgan fingerprint density at radius 1 is 0.817 bits per heavy atom. The fourth-order valence-corrected chi connectivity index (χ4v) is 14.1. The van der Waals surface area contributed by atoms with E-state index in [0.717, 1.165) is 35.9 Å². The Labute approximate surface area is 550 Å². The molecular weight excluding hydrogens is 1190 g/mol. The van der Waals surface area contributed by atoms with E-state index < -0.39 is 107 Å². The van der Waals surface area contributed by atoms with E-state index in [9.17, 15) is 34.5 Å². The third-order valence-corrected chi connectivity index (χ3v) is 19.7. The van der Waals surface area contributed by atoms with E-state index in [1.807, 2.05) is 114 Å². The van der Waals surface area contributed by atoms with Crippen LogP contribution in [0.15, 0.2) is 89.9 Å². The second-order valence-corrected chi connectivity index (χ2v) is 27.9. The molecule has 93 heavy (non-hydrogen) atoms. The Kier molecular flexibility index (Phi) is 25.7. The first-order valence-corrected chi connectivity index (χ1v) is 33.7. The first-order chi connectivity index (χ1) is 44.1. The fourth-order valence-electron chi connectivity index (χ4n) is 14.1. The highest BCUT2D eigenvalue weighted by atomic mass is 16.7. The molecule has 4 fully saturated rings. The number of aliphatic hydroxyl groups is 3. The Morgan fingerprint density at radius 2 is 1.48 bits per heavy atom. The van der Waals surface area contributed by atoms with Gasteiger partial charge in [0.05, 0.1) is 61.1 Å². The first kappa shape index (κ1) is 73.4. The average Bonchev–Trinajstić information content (AvgIpc) is 1.74. The lowest BCUT2D eigenvalue weighted by molar-refractivity contribution is -0.310. The number of hydrogen-bond acceptors (Lipinski definition) is 20. The van der Waals surface area contributed by atoms with Gasteiger partial charge in [-0.1, -0.05) is 81.4 Å². The lowest BCUT2D eigenvalue weighted by atomic mass is 9.77. The number of likely N-dealkylation sites (N-methyl/N-ethyl adjacent to an activating group) is 1. The van der Waals surface area contributed by atoms with Crippen molar-refractivity contribution in [3.05, 3.63) is 112 Å². The molecule has 4 aliphatic rings. The summed E-state index contributed by atoms with van der Waals surface area (Å²) in [6, 6.07) is 25.6. The van der Waals surface area contributed by atoms with Gasteiger partial charge in [0.1, 0.15) is 35.6 Å². The van der Waals surface area contributed by atoms with Crippen molar-refractivity contribution in [2.24, 2.45) is 17.8 Å². The van der Waals surface area contributed by atoms with Crippen molar-refractivity contribution in [2.45, 2.75) is 224 Å². The van der Waals surface area contributed by atoms with Crippen molar-refractivity contribution < 1.29 is 72.3 Å². The standard InChI is InChI=1S/C72H107N5O16/c1-15-59-72(10,84)65(80)49(6)75(13)41-45(2)39-70(8,83)66(93-61-38-55(74(11)12)36-46(3)88-61)47(4)64(48(5)68(81)90-59)92-62-40-71(9,85-14)67(50(7)89-62)91-60(78)30-33-86-34-31-73-53-26-29-58-56(37-53)63(79)57(44-77(58)54-27-28-54)69(82)87-35-32-76(42-51-22-18-16-19-23-51)43-52-24-20-17-21-25-52/h16-26,29,37,44-50,54-55,59,61-62,64-67,73,80,83-84H,15,27-28,30-36,38-43H2,1-14H3/t45-,46-,47+,48-,49-,50+,55+,59-,61+,62+,64+,65-,66-,67+,70-,71-,72-/m1/s1. The molecule has 3 saturated heterocycles. The third kappa shape index (κ3) is 19.0. The molecule has 0 unspecified atom stereocenters. The molecule has 516 valence electrons. The number of cyclic esters (lactones) is 1. The van der Waals surface area contributed by atoms with Gasteiger partial charge in [-0.3, -0.25) is 19.3 Å². The predicted molar refractivity (Wildman–Crippen MR) is 354 cm³/mol. The number of hydrogen-bond donors (Lipinski definition) is 4. The van der Waals surface area contributed by atoms with Gasteiger partial charge in [0.25, 0.3) is 0 Å². The van der Waals surface area contributed by atoms with Crippen molar-refractivity contribution in [3.63, 3.8) is 0 Å². The van der Waals surface area contributed by atoms with Crippen LogP contribution in [0.2, 0.25) is 0 Å². The topological polar surface area (TPSA) is 239 Å². The number of benzene rings is 3. The summed E-state index contributed by atoms with van der Waals surface area (Å²) in [4.78, 5) is 62.5. The van der Waals surface area contributed by atoms with Crippen molar-refractivity contribution in [1.82, 2.24) is 19.3 Å². The molecule has 8 rings (SSSR count). The Morgan fingerprint density at radius 3 is 2.11 bits per heavy atom. The molecule has 21 heteroatoms. The van der Waals surface area contributed by atoms with Gasteiger partial charge in [-0.05, 0) is 137 Å². The van der Waals surface area contributed by atoms with Gasteiger partial charge >= 0.3 is 17.9 Å². The number of ether oxygens (including phenoxy) is 9. The zero-order valence-electron chi connectivity index (χ0n) is 57.5. The predicted octanol–water partition coefficient (Wildman–Crippen LogP) is 8.51. The van der Waals surface area contributed by atoms with Gasteiger partial charge in [0.2, 0.25) is 5.43 Å². The maximum Gasteiger partial charge on any atom is 0.343 e. The molecule has 1 saturated carbocycles. The van der Waals surface area contributed by atoms with E-state index in [1.54, 1.807) is 40.0 Å². The summed E-state index contributed by atoms with van der Waals surface area (Å²) >= 11 is 0. The van der Waals surface area contributed by atoms with Crippen molar-refractivity contribution in [2.75, 3.05) is 73.0 Å². The molecule has 21 nitrogen and oxygen atoms in total. The van der Waals surface area contributed by atoms with Crippen LogP contribution in [0.1, 0.15) is 148 Å². The van der Waals surface area contributed by atoms with Crippen LogP contribution in [-0.2, 0) is 65.3 Å². The Bertz CT molecular complexity index is 3070. The van der Waals surface area contributed by atoms with E-state index in [-0.39, 0.29) is 75.2 Å². The molecule has 3 aliphatic heterocycles. The number of esters is 3. The number of rotatable bonds is 24. The Balaban J connectivity index is 0.894. The number of carbonyl (C=O) groups is 3. The molecule has 4 aromatic rings. The number of carbonyl (C=O) groups excluding carboxylic acids is 3. The molecule has 17 atom stereocenters. The zero-order valence-corrected chi connectivity index (χ0v) is 57.5. The van der Waals surface area contributed by atoms with Crippen LogP contribution in [-0.4, -0.2) is 204 Å². The van der Waals surface area contributed by atoms with Gasteiger partial charge in [-0.2, -0.15) is 0 Å². The normalized spacial score (nSPS) is 32.8. The minimum atomic E-state index is -1.84. The highest BCUT2D eigenvalue weighted by Gasteiger charge is 2.53. The number of anilines is 1. The number of nitrogens with zero attached hydrogens (tertiary/aromatic N) is 4. The van der Waals surface area contributed by atoms with E-state index in [2.05, 4.69) is 39.4 Å². The van der Waals surface area contributed by atoms with Crippen LogP contribution in [0.5, 0.6) is 0 Å². The van der Waals surface area contributed by atoms with Gasteiger partial charge in [0, 0.05) is 94.0 Å². The number of nitrogens with one attached hydrogen (secondary N) is 1. The number of methoxy groups -OCH3 is 1. The lowest BCUT2D eigenvalue weighted by Gasteiger charge is -2.48. The SMILES string of the molecule is CC[C@H]1OC(=O)[C@H](C)[C@@H](O[C@H]2C[C@@](C)(OC)[C@@H](OC(=O)CCOCCNc3ccc4c(c3)c(=O)c(C(=O)OCCN(Cc3ccccc3)Cc3ccccc3)cn4C3CC3)[C@H](C)O2)[C@H](C)[C@@H](O[C@H]2C[C@@H](N(C)C)C[C@@H](C)O2)[C@](C)(O)C[C@@H](C)CN(C)[C@H](C)[C@@H](O)[C@]1(C)O. The second-order valence-electron chi connectivity index (χ2n) is 27.9. The van der Waals surface area contributed by atoms with Crippen LogP contribution in [0.3, 0.4) is 0 Å². The van der Waals surface area contributed by atoms with Crippen LogP contribution in [0.4, 0.5) is 5.69 Å². The number of fused-ring (bicyclic) bond motifs is 1. The molecule has 0 amide bonds.